The van der Waals surface area contributed by atoms with Crippen molar-refractivity contribution in [1.82, 2.24) is 0 Å². The molecule has 0 aromatic rings. The summed E-state index contributed by atoms with van der Waals surface area (Å²) in [6.45, 7) is 0. The first-order valence-electron chi connectivity index (χ1n) is 2.42. The molecule has 0 fully saturated rings. The van der Waals surface area contributed by atoms with Crippen LogP contribution in [-0.2, 0) is 9.59 Å². The van der Waals surface area contributed by atoms with Crippen LogP contribution in [0.5, 0.6) is 0 Å². The number of nitrogens with two attached hydrogens (primary N) is 1. The third-order valence-corrected chi connectivity index (χ3v) is 0.355. The van der Waals surface area contributed by atoms with Crippen molar-refractivity contribution in [2.24, 2.45) is 5.73 Å². The van der Waals surface area contributed by atoms with Gasteiger partial charge in [0.25, 0.3) is 0 Å². The molecule has 1 amide bonds. The number of aliphatic carboxylic acids is 2. The fourth-order valence-corrected chi connectivity index (χ4v) is 0.136. The average Bonchev–Trinajstić information content (AvgIpc) is 1.82. The predicted molar refractivity (Wildman–Crippen MR) is 28.7 cm³/mol. The second-order valence-electron chi connectivity index (χ2n) is 1.29. The van der Waals surface area contributed by atoms with E-state index in [-0.39, 0.29) is 0 Å². The molecule has 2 N–H and O–H groups in total. The lowest BCUT2D eigenvalue weighted by Crippen LogP contribution is -2.29. The number of carbonyl (C=O) groups is 3. The lowest BCUT2D eigenvalue weighted by molar-refractivity contribution is -0.301. The van der Waals surface area contributed by atoms with E-state index in [2.05, 4.69) is 5.73 Å². The van der Waals surface area contributed by atoms with E-state index < -0.39 is 18.0 Å². The molecule has 0 aromatic carbocycles. The lowest BCUT2D eigenvalue weighted by atomic mass is 10.5. The number of hydrogen-bond donors (Lipinski definition) is 1. The normalized spacial score (nSPS) is 8.33. The summed E-state index contributed by atoms with van der Waals surface area (Å²) in [4.78, 5) is 27.5. The molecule has 0 aliphatic heterocycles. The summed E-state index contributed by atoms with van der Waals surface area (Å²) in [5.74, 6) is -3.09. The summed E-state index contributed by atoms with van der Waals surface area (Å²) in [5, 5.41) is 27.5. The van der Waals surface area contributed by atoms with Gasteiger partial charge < -0.3 is 35.4 Å². The summed E-state index contributed by atoms with van der Waals surface area (Å²) >= 11 is 0. The zero-order chi connectivity index (χ0) is 10.1. The van der Waals surface area contributed by atoms with Gasteiger partial charge in [0.2, 0.25) is 0 Å². The molecule has 0 unspecified atom stereocenters. The molecule has 0 saturated carbocycles. The van der Waals surface area contributed by atoms with E-state index in [9.17, 15) is 19.8 Å². The Morgan fingerprint density at radius 2 is 1.08 bits per heavy atom. The molecule has 0 aliphatic rings. The maximum absolute atomic E-state index is 9.41. The molecule has 0 aliphatic carbocycles. The first-order valence-corrected chi connectivity index (χ1v) is 2.42. The van der Waals surface area contributed by atoms with Crippen LogP contribution < -0.4 is 21.1 Å². The van der Waals surface area contributed by atoms with Gasteiger partial charge in [-0.05, 0) is 12.2 Å². The molecule has 0 spiro atoms. The number of carbonyl (C=O) groups excluding carboxylic acids is 3. The van der Waals surface area contributed by atoms with Gasteiger partial charge in [0.15, 0.2) is 0 Å². The van der Waals surface area contributed by atoms with Crippen LogP contribution in [0.3, 0.4) is 0 Å². The Kier molecular flexibility index (Phi) is 7.42. The molecule has 0 saturated heterocycles. The molecular weight excluding hydrogens is 170 g/mol. The third-order valence-electron chi connectivity index (χ3n) is 0.355. The smallest absolute Gasteiger partial charge is 0.131 e. The molecule has 7 nitrogen and oxygen atoms in total. The van der Waals surface area contributed by atoms with Crippen LogP contribution in [0, 0.1) is 0 Å². The first kappa shape index (κ1) is 12.6. The standard InChI is InChI=1S/C4H4O4.CH3NO2/c5-3(6)1-2-4(7)8;2-1(3)4/h1-2H,(H,5,6)(H,7,8);2H2,(H,3,4)/p-3/b2-1+;. The monoisotopic (exact) mass is 174 g/mol. The van der Waals surface area contributed by atoms with Gasteiger partial charge in [-0.15, -0.1) is 0 Å². The number of carboxylic acids is 2. The minimum absolute atomic E-state index is 0.384. The van der Waals surface area contributed by atoms with Crippen LogP contribution in [0.4, 0.5) is 4.79 Å². The van der Waals surface area contributed by atoms with Crippen molar-refractivity contribution in [2.75, 3.05) is 0 Å². The van der Waals surface area contributed by atoms with Crippen molar-refractivity contribution in [1.29, 1.82) is 0 Å². The van der Waals surface area contributed by atoms with Gasteiger partial charge in [0.05, 0.1) is 11.9 Å². The minimum Gasteiger partial charge on any atom is -0.545 e. The molecule has 0 aromatic heterocycles. The zero-order valence-electron chi connectivity index (χ0n) is 5.68. The lowest BCUT2D eigenvalue weighted by Gasteiger charge is -1.90. The molecule has 12 heavy (non-hydrogen) atoms. The van der Waals surface area contributed by atoms with Gasteiger partial charge in [0, 0.05) is 0 Å². The number of rotatable bonds is 2. The maximum Gasteiger partial charge on any atom is 0.131 e. The Balaban J connectivity index is 0. The Morgan fingerprint density at radius 1 is 0.917 bits per heavy atom. The van der Waals surface area contributed by atoms with E-state index in [1.807, 2.05) is 0 Å². The fourth-order valence-electron chi connectivity index (χ4n) is 0.136. The van der Waals surface area contributed by atoms with Crippen molar-refractivity contribution in [2.45, 2.75) is 0 Å². The summed E-state index contributed by atoms with van der Waals surface area (Å²) in [7, 11) is 0. The molecule has 68 valence electrons. The van der Waals surface area contributed by atoms with E-state index in [1.54, 1.807) is 0 Å². The Labute approximate surface area is 66.7 Å². The molecule has 0 rings (SSSR count). The van der Waals surface area contributed by atoms with Crippen LogP contribution in [0.1, 0.15) is 0 Å². The average molecular weight is 174 g/mol. The van der Waals surface area contributed by atoms with Crippen molar-refractivity contribution in [3.8, 4) is 0 Å². The van der Waals surface area contributed by atoms with Gasteiger partial charge in [-0.3, -0.25) is 0 Å². The summed E-state index contributed by atoms with van der Waals surface area (Å²) in [6, 6.07) is 0. The fraction of sp³-hybridized carbons (Fsp3) is 0. The number of amides is 1. The molecule has 7 heteroatoms. The molecule has 0 radical (unpaired) electrons. The molecule has 0 atom stereocenters. The summed E-state index contributed by atoms with van der Waals surface area (Å²) in [6.07, 6.45) is -0.815. The van der Waals surface area contributed by atoms with Crippen LogP contribution in [-0.4, -0.2) is 18.0 Å². The first-order chi connectivity index (χ1) is 5.36. The molecule has 0 heterocycles. The molecule has 0 bridgehead atoms. The van der Waals surface area contributed by atoms with Gasteiger partial charge in [-0.1, -0.05) is 0 Å². The van der Waals surface area contributed by atoms with Crippen molar-refractivity contribution < 1.29 is 29.7 Å². The topological polar surface area (TPSA) is 146 Å². The quantitative estimate of drug-likeness (QED) is 0.416. The Hall–Kier alpha value is -2.05. The summed E-state index contributed by atoms with van der Waals surface area (Å²) < 4.78 is 0. The number of carboxylic acid groups (broad SMARTS) is 3. The third kappa shape index (κ3) is 44.1. The van der Waals surface area contributed by atoms with E-state index in [0.29, 0.717) is 12.2 Å². The van der Waals surface area contributed by atoms with E-state index >= 15 is 0 Å². The van der Waals surface area contributed by atoms with Crippen molar-refractivity contribution >= 4 is 18.0 Å². The highest BCUT2D eigenvalue weighted by atomic mass is 16.4. The second-order valence-corrected chi connectivity index (χ2v) is 1.29. The highest BCUT2D eigenvalue weighted by molar-refractivity contribution is 5.87. The SMILES string of the molecule is NC(=O)[O-].O=C([O-])/C=C/C(=O)[O-]. The number of hydrogen-bond acceptors (Lipinski definition) is 6. The van der Waals surface area contributed by atoms with Crippen molar-refractivity contribution in [3.05, 3.63) is 12.2 Å². The van der Waals surface area contributed by atoms with Crippen LogP contribution in [0.15, 0.2) is 12.2 Å². The Bertz CT molecular complexity index is 188. The van der Waals surface area contributed by atoms with Crippen molar-refractivity contribution in [3.63, 3.8) is 0 Å². The van der Waals surface area contributed by atoms with Crippen LogP contribution in [0.25, 0.3) is 0 Å². The highest BCUT2D eigenvalue weighted by Crippen LogP contribution is 1.64. The van der Waals surface area contributed by atoms with Gasteiger partial charge in [-0.2, -0.15) is 0 Å². The van der Waals surface area contributed by atoms with E-state index in [1.165, 1.54) is 0 Å². The molecular formula is C5H4NO6-3. The maximum atomic E-state index is 9.41. The Morgan fingerprint density at radius 3 is 1.17 bits per heavy atom. The summed E-state index contributed by atoms with van der Waals surface area (Å²) in [5.41, 5.74) is 3.92. The highest BCUT2D eigenvalue weighted by Gasteiger charge is 1.70. The van der Waals surface area contributed by atoms with Gasteiger partial charge in [0.1, 0.15) is 6.09 Å². The second kappa shape index (κ2) is 7.06. The van der Waals surface area contributed by atoms with Gasteiger partial charge >= 0.3 is 0 Å². The zero-order valence-corrected chi connectivity index (χ0v) is 5.68. The van der Waals surface area contributed by atoms with Crippen LogP contribution in [0.2, 0.25) is 0 Å². The van der Waals surface area contributed by atoms with Crippen LogP contribution >= 0.6 is 0 Å². The minimum atomic E-state index is -1.58. The predicted octanol–water partition coefficient (Wildman–Crippen LogP) is -4.67. The van der Waals surface area contributed by atoms with Gasteiger partial charge in [-0.25, -0.2) is 0 Å². The van der Waals surface area contributed by atoms with E-state index in [0.717, 1.165) is 0 Å². The largest absolute Gasteiger partial charge is 0.545 e. The van der Waals surface area contributed by atoms with E-state index in [4.69, 9.17) is 9.90 Å². The number of primary amides is 1.